The zero-order valence-electron chi connectivity index (χ0n) is 16.1. The third kappa shape index (κ3) is 7.82. The molecule has 0 fully saturated rings. The second kappa shape index (κ2) is 8.13. The molecule has 0 saturated heterocycles. The Bertz CT molecular complexity index is 498. The molecule has 1 atom stereocenters. The van der Waals surface area contributed by atoms with Crippen molar-refractivity contribution >= 4 is 8.32 Å². The summed E-state index contributed by atoms with van der Waals surface area (Å²) >= 11 is 0. The molecule has 1 rings (SSSR count). The molecule has 1 aromatic carbocycles. The molecule has 0 saturated carbocycles. The molecular weight excluding hydrogens is 300 g/mol. The van der Waals surface area contributed by atoms with E-state index in [1.165, 1.54) is 5.56 Å². The lowest BCUT2D eigenvalue weighted by Crippen LogP contribution is -2.34. The minimum atomic E-state index is -1.61. The molecule has 23 heavy (non-hydrogen) atoms. The molecular formula is C19H34N2OSi. The molecule has 0 bridgehead atoms. The van der Waals surface area contributed by atoms with Crippen LogP contribution in [0.4, 0.5) is 0 Å². The first kappa shape index (κ1) is 19.9. The molecule has 1 aromatic rings. The van der Waals surface area contributed by atoms with Crippen molar-refractivity contribution in [2.45, 2.75) is 52.9 Å². The lowest BCUT2D eigenvalue weighted by molar-refractivity contribution is 0.239. The van der Waals surface area contributed by atoms with Gasteiger partial charge in [0.15, 0.2) is 0 Å². The fourth-order valence-corrected chi connectivity index (χ4v) is 3.37. The Morgan fingerprint density at radius 3 is 2.17 bits per heavy atom. The van der Waals surface area contributed by atoms with Gasteiger partial charge in [-0.25, -0.2) is 5.43 Å². The Balaban J connectivity index is 3.00. The van der Waals surface area contributed by atoms with E-state index in [1.54, 1.807) is 0 Å². The van der Waals surface area contributed by atoms with E-state index in [0.29, 0.717) is 0 Å². The fourth-order valence-electron chi connectivity index (χ4n) is 2.32. The summed E-state index contributed by atoms with van der Waals surface area (Å²) in [6.45, 7) is 13.4. The maximum absolute atomic E-state index is 6.35. The van der Waals surface area contributed by atoms with Crippen LogP contribution in [-0.2, 0) is 4.43 Å². The molecule has 0 spiro atoms. The summed E-state index contributed by atoms with van der Waals surface area (Å²) in [6, 6.07) is 10.8. The summed E-state index contributed by atoms with van der Waals surface area (Å²) < 4.78 is 6.35. The standard InChI is InChI=1S/C19H34N2OSi/c1-19(2,3)18(22-23(6,7)8)15-14-17(20-21(4)5)16-12-10-9-11-13-16/h9-13,15,17,20H,14H2,1-8H3/b18-15-. The Hall–Kier alpha value is -1.10. The molecule has 4 heteroatoms. The molecule has 1 unspecified atom stereocenters. The normalized spacial score (nSPS) is 14.9. The van der Waals surface area contributed by atoms with Gasteiger partial charge in [-0.15, -0.1) is 0 Å². The van der Waals surface area contributed by atoms with Crippen molar-refractivity contribution in [3.63, 3.8) is 0 Å². The molecule has 0 aliphatic rings. The Labute approximate surface area is 143 Å². The lowest BCUT2D eigenvalue weighted by atomic mass is 9.92. The van der Waals surface area contributed by atoms with Gasteiger partial charge in [-0.3, -0.25) is 5.01 Å². The van der Waals surface area contributed by atoms with Crippen molar-refractivity contribution in [1.82, 2.24) is 10.4 Å². The summed E-state index contributed by atoms with van der Waals surface area (Å²) in [4.78, 5) is 0. The molecule has 1 N–H and O–H groups in total. The van der Waals surface area contributed by atoms with Crippen molar-refractivity contribution in [1.29, 1.82) is 0 Å². The zero-order chi connectivity index (χ0) is 17.7. The number of nitrogens with zero attached hydrogens (tertiary/aromatic N) is 1. The fraction of sp³-hybridized carbons (Fsp3) is 0.579. The van der Waals surface area contributed by atoms with Gasteiger partial charge in [-0.05, 0) is 37.7 Å². The van der Waals surface area contributed by atoms with Crippen molar-refractivity contribution in [2.24, 2.45) is 5.41 Å². The Kier molecular flexibility index (Phi) is 7.05. The van der Waals surface area contributed by atoms with E-state index in [-0.39, 0.29) is 11.5 Å². The topological polar surface area (TPSA) is 24.5 Å². The average molecular weight is 335 g/mol. The molecule has 0 aliphatic heterocycles. The van der Waals surface area contributed by atoms with Gasteiger partial charge in [0.1, 0.15) is 0 Å². The minimum Gasteiger partial charge on any atom is -0.547 e. The largest absolute Gasteiger partial charge is 0.547 e. The SMILES string of the molecule is CN(C)NC(C/C=C(\O[Si](C)(C)C)C(C)(C)C)c1ccccc1. The number of hydrogen-bond donors (Lipinski definition) is 1. The highest BCUT2D eigenvalue weighted by molar-refractivity contribution is 6.70. The highest BCUT2D eigenvalue weighted by Crippen LogP contribution is 2.31. The third-order valence-electron chi connectivity index (χ3n) is 3.31. The first-order valence-electron chi connectivity index (χ1n) is 8.37. The van der Waals surface area contributed by atoms with Gasteiger partial charge in [0, 0.05) is 25.6 Å². The lowest BCUT2D eigenvalue weighted by Gasteiger charge is -2.31. The summed E-state index contributed by atoms with van der Waals surface area (Å²) in [5.41, 5.74) is 4.83. The predicted octanol–water partition coefficient (Wildman–Crippen LogP) is 4.97. The average Bonchev–Trinajstić information content (AvgIpc) is 2.40. The minimum absolute atomic E-state index is 0.0274. The number of hydrogen-bond acceptors (Lipinski definition) is 3. The van der Waals surface area contributed by atoms with Crippen molar-refractivity contribution in [3.8, 4) is 0 Å². The van der Waals surface area contributed by atoms with Gasteiger partial charge < -0.3 is 4.43 Å². The summed E-state index contributed by atoms with van der Waals surface area (Å²) in [6.07, 6.45) is 3.17. The van der Waals surface area contributed by atoms with E-state index in [0.717, 1.165) is 12.2 Å². The molecule has 0 heterocycles. The summed E-state index contributed by atoms with van der Waals surface area (Å²) in [7, 11) is 2.45. The van der Waals surface area contributed by atoms with E-state index in [9.17, 15) is 0 Å². The van der Waals surface area contributed by atoms with Gasteiger partial charge in [-0.1, -0.05) is 51.1 Å². The van der Waals surface area contributed by atoms with Crippen LogP contribution in [0.5, 0.6) is 0 Å². The number of benzene rings is 1. The second-order valence-electron chi connectivity index (χ2n) is 8.26. The van der Waals surface area contributed by atoms with E-state index >= 15 is 0 Å². The quantitative estimate of drug-likeness (QED) is 0.433. The predicted molar refractivity (Wildman–Crippen MR) is 103 cm³/mol. The van der Waals surface area contributed by atoms with E-state index in [2.05, 4.69) is 82.2 Å². The highest BCUT2D eigenvalue weighted by Gasteiger charge is 2.26. The van der Waals surface area contributed by atoms with Gasteiger partial charge in [0.25, 0.3) is 0 Å². The van der Waals surface area contributed by atoms with Crippen LogP contribution in [-0.4, -0.2) is 27.4 Å². The number of rotatable bonds is 7. The molecule has 0 radical (unpaired) electrons. The van der Waals surface area contributed by atoms with E-state index < -0.39 is 8.32 Å². The molecule has 3 nitrogen and oxygen atoms in total. The second-order valence-corrected chi connectivity index (χ2v) is 12.7. The third-order valence-corrected chi connectivity index (χ3v) is 4.14. The van der Waals surface area contributed by atoms with Crippen molar-refractivity contribution in [3.05, 3.63) is 47.7 Å². The number of allylic oxidation sites excluding steroid dienone is 1. The zero-order valence-corrected chi connectivity index (χ0v) is 17.1. The van der Waals surface area contributed by atoms with Crippen LogP contribution < -0.4 is 5.43 Å². The van der Waals surface area contributed by atoms with Crippen molar-refractivity contribution < 1.29 is 4.43 Å². The molecule has 130 valence electrons. The maximum atomic E-state index is 6.35. The summed E-state index contributed by atoms with van der Waals surface area (Å²) in [5.74, 6) is 1.11. The number of hydrazine groups is 1. The van der Waals surface area contributed by atoms with Crippen LogP contribution >= 0.6 is 0 Å². The van der Waals surface area contributed by atoms with Crippen LogP contribution in [0.25, 0.3) is 0 Å². The van der Waals surface area contributed by atoms with E-state index in [1.807, 2.05) is 19.1 Å². The maximum Gasteiger partial charge on any atom is 0.241 e. The van der Waals surface area contributed by atoms with E-state index in [4.69, 9.17) is 4.43 Å². The van der Waals surface area contributed by atoms with Crippen LogP contribution in [0.15, 0.2) is 42.2 Å². The highest BCUT2D eigenvalue weighted by atomic mass is 28.4. The Morgan fingerprint density at radius 1 is 1.17 bits per heavy atom. The monoisotopic (exact) mass is 334 g/mol. The summed E-state index contributed by atoms with van der Waals surface area (Å²) in [5, 5.41) is 2.02. The van der Waals surface area contributed by atoms with Crippen LogP contribution in [0.2, 0.25) is 19.6 Å². The molecule has 0 amide bonds. The molecule has 0 aromatic heterocycles. The first-order chi connectivity index (χ1) is 10.5. The molecule has 0 aliphatic carbocycles. The van der Waals surface area contributed by atoms with Gasteiger partial charge in [0.2, 0.25) is 8.32 Å². The van der Waals surface area contributed by atoms with Gasteiger partial charge >= 0.3 is 0 Å². The van der Waals surface area contributed by atoms with Crippen LogP contribution in [0, 0.1) is 5.41 Å². The van der Waals surface area contributed by atoms with Gasteiger partial charge in [0.05, 0.1) is 5.76 Å². The number of nitrogens with one attached hydrogen (secondary N) is 1. The van der Waals surface area contributed by atoms with Crippen molar-refractivity contribution in [2.75, 3.05) is 14.1 Å². The Morgan fingerprint density at radius 2 is 1.74 bits per heavy atom. The van der Waals surface area contributed by atoms with Crippen LogP contribution in [0.3, 0.4) is 0 Å². The van der Waals surface area contributed by atoms with Crippen LogP contribution in [0.1, 0.15) is 38.8 Å². The smallest absolute Gasteiger partial charge is 0.241 e. The first-order valence-corrected chi connectivity index (χ1v) is 11.8. The van der Waals surface area contributed by atoms with Gasteiger partial charge in [-0.2, -0.15) is 0 Å².